The average molecular weight is 350 g/mol. The maximum atomic E-state index is 13.8. The summed E-state index contributed by atoms with van der Waals surface area (Å²) in [6.45, 7) is 1.67. The largest absolute Gasteiger partial charge is 0.207 e. The molecule has 19 heavy (non-hydrogen) atoms. The Morgan fingerprint density at radius 2 is 1.68 bits per heavy atom. The van der Waals surface area contributed by atoms with E-state index in [1.807, 2.05) is 0 Å². The molecular formula is C14H9BrClF3. The summed E-state index contributed by atoms with van der Waals surface area (Å²) < 4.78 is 40.4. The van der Waals surface area contributed by atoms with Crippen molar-refractivity contribution in [2.24, 2.45) is 0 Å². The van der Waals surface area contributed by atoms with Crippen LogP contribution in [0.4, 0.5) is 13.2 Å². The summed E-state index contributed by atoms with van der Waals surface area (Å²) in [5.41, 5.74) is 1.16. The van der Waals surface area contributed by atoms with E-state index in [2.05, 4.69) is 15.9 Å². The summed E-state index contributed by atoms with van der Waals surface area (Å²) >= 11 is 9.08. The molecule has 0 aliphatic heterocycles. The van der Waals surface area contributed by atoms with E-state index in [0.29, 0.717) is 11.1 Å². The molecule has 1 unspecified atom stereocenters. The molecule has 0 aromatic heterocycles. The van der Waals surface area contributed by atoms with Gasteiger partial charge in [-0.2, -0.15) is 0 Å². The number of benzene rings is 2. The van der Waals surface area contributed by atoms with Crippen molar-refractivity contribution >= 4 is 27.5 Å². The molecule has 0 aliphatic rings. The monoisotopic (exact) mass is 348 g/mol. The molecule has 2 rings (SSSR count). The smallest absolute Gasteiger partial charge is 0.137 e. The van der Waals surface area contributed by atoms with E-state index in [-0.39, 0.29) is 10.0 Å². The molecule has 0 nitrogen and oxygen atoms in total. The summed E-state index contributed by atoms with van der Waals surface area (Å²) in [6.07, 6.45) is 0. The Bertz CT molecular complexity index is 628. The van der Waals surface area contributed by atoms with Crippen molar-refractivity contribution in [2.75, 3.05) is 0 Å². The quantitative estimate of drug-likeness (QED) is 0.496. The molecule has 0 saturated carbocycles. The predicted molar refractivity (Wildman–Crippen MR) is 72.9 cm³/mol. The summed E-state index contributed by atoms with van der Waals surface area (Å²) in [7, 11) is 0. The number of halogens is 5. The lowest BCUT2D eigenvalue weighted by molar-refractivity contribution is 0.581. The highest BCUT2D eigenvalue weighted by Crippen LogP contribution is 2.34. The molecule has 0 heterocycles. The molecule has 0 spiro atoms. The first-order chi connectivity index (χ1) is 8.90. The van der Waals surface area contributed by atoms with E-state index >= 15 is 0 Å². The van der Waals surface area contributed by atoms with Crippen LogP contribution in [0.2, 0.25) is 0 Å². The zero-order chi connectivity index (χ0) is 14.2. The minimum absolute atomic E-state index is 0.0251. The second-order valence-electron chi connectivity index (χ2n) is 4.15. The third-order valence-corrected chi connectivity index (χ3v) is 3.90. The number of hydrogen-bond acceptors (Lipinski definition) is 0. The molecule has 0 saturated heterocycles. The van der Waals surface area contributed by atoms with Crippen LogP contribution in [0, 0.1) is 24.4 Å². The maximum Gasteiger partial charge on any atom is 0.137 e. The Labute approximate surface area is 122 Å². The topological polar surface area (TPSA) is 0 Å². The molecule has 0 aliphatic carbocycles. The van der Waals surface area contributed by atoms with E-state index in [9.17, 15) is 13.2 Å². The average Bonchev–Trinajstić information content (AvgIpc) is 2.33. The van der Waals surface area contributed by atoms with Crippen LogP contribution in [-0.4, -0.2) is 0 Å². The number of hydrogen-bond donors (Lipinski definition) is 0. The highest BCUT2D eigenvalue weighted by atomic mass is 79.9. The van der Waals surface area contributed by atoms with Gasteiger partial charge in [0.2, 0.25) is 0 Å². The van der Waals surface area contributed by atoms with Gasteiger partial charge in [0, 0.05) is 5.56 Å². The lowest BCUT2D eigenvalue weighted by Crippen LogP contribution is -2.01. The minimum Gasteiger partial charge on any atom is -0.207 e. The first-order valence-electron chi connectivity index (χ1n) is 5.44. The van der Waals surface area contributed by atoms with Gasteiger partial charge < -0.3 is 0 Å². The van der Waals surface area contributed by atoms with Gasteiger partial charge in [0.05, 0.1) is 9.85 Å². The van der Waals surface area contributed by atoms with Crippen molar-refractivity contribution in [1.29, 1.82) is 0 Å². The SMILES string of the molecule is Cc1cc(F)ccc1C(Cl)c1cc(F)c(Br)cc1F. The van der Waals surface area contributed by atoms with Crippen LogP contribution in [0.3, 0.4) is 0 Å². The van der Waals surface area contributed by atoms with Gasteiger partial charge in [0.25, 0.3) is 0 Å². The Kier molecular flexibility index (Phi) is 4.21. The van der Waals surface area contributed by atoms with Gasteiger partial charge in [-0.3, -0.25) is 0 Å². The highest BCUT2D eigenvalue weighted by Gasteiger charge is 2.19. The molecule has 0 bridgehead atoms. The van der Waals surface area contributed by atoms with E-state index < -0.39 is 22.8 Å². The lowest BCUT2D eigenvalue weighted by atomic mass is 9.99. The predicted octanol–water partition coefficient (Wildman–Crippen LogP) is 5.50. The minimum atomic E-state index is -0.872. The zero-order valence-corrected chi connectivity index (χ0v) is 12.2. The van der Waals surface area contributed by atoms with Crippen LogP contribution in [0.25, 0.3) is 0 Å². The second kappa shape index (κ2) is 5.55. The van der Waals surface area contributed by atoms with Crippen LogP contribution in [-0.2, 0) is 0 Å². The van der Waals surface area contributed by atoms with Crippen molar-refractivity contribution in [2.45, 2.75) is 12.3 Å². The normalized spacial score (nSPS) is 12.5. The molecule has 100 valence electrons. The van der Waals surface area contributed by atoms with Crippen LogP contribution in [0.15, 0.2) is 34.8 Å². The molecule has 0 amide bonds. The van der Waals surface area contributed by atoms with Gasteiger partial charge in [-0.25, -0.2) is 13.2 Å². The fraction of sp³-hybridized carbons (Fsp3) is 0.143. The second-order valence-corrected chi connectivity index (χ2v) is 5.44. The van der Waals surface area contributed by atoms with Crippen LogP contribution in [0.5, 0.6) is 0 Å². The summed E-state index contributed by atoms with van der Waals surface area (Å²) in [5, 5.41) is -0.872. The Morgan fingerprint density at radius 1 is 1.00 bits per heavy atom. The molecule has 2 aromatic carbocycles. The highest BCUT2D eigenvalue weighted by molar-refractivity contribution is 9.10. The van der Waals surface area contributed by atoms with Crippen molar-refractivity contribution < 1.29 is 13.2 Å². The molecule has 1 atom stereocenters. The van der Waals surface area contributed by atoms with Crippen LogP contribution in [0.1, 0.15) is 22.1 Å². The fourth-order valence-corrected chi connectivity index (χ4v) is 2.55. The molecule has 0 radical (unpaired) electrons. The van der Waals surface area contributed by atoms with Crippen molar-refractivity contribution in [1.82, 2.24) is 0 Å². The van der Waals surface area contributed by atoms with Crippen LogP contribution < -0.4 is 0 Å². The Balaban J connectivity index is 2.49. The van der Waals surface area contributed by atoms with Gasteiger partial charge >= 0.3 is 0 Å². The van der Waals surface area contributed by atoms with Crippen molar-refractivity contribution in [3.63, 3.8) is 0 Å². The summed E-state index contributed by atoms with van der Waals surface area (Å²) in [4.78, 5) is 0. The molecular weight excluding hydrogens is 341 g/mol. The van der Waals surface area contributed by atoms with Crippen molar-refractivity contribution in [3.05, 3.63) is 68.9 Å². The first kappa shape index (κ1) is 14.4. The Morgan fingerprint density at radius 3 is 2.32 bits per heavy atom. The van der Waals surface area contributed by atoms with Gasteiger partial charge in [0.1, 0.15) is 17.5 Å². The summed E-state index contributed by atoms with van der Waals surface area (Å²) in [6, 6.07) is 6.09. The van der Waals surface area contributed by atoms with E-state index in [1.54, 1.807) is 6.92 Å². The summed E-state index contributed by atoms with van der Waals surface area (Å²) in [5.74, 6) is -1.61. The first-order valence-corrected chi connectivity index (χ1v) is 6.67. The third kappa shape index (κ3) is 2.95. The van der Waals surface area contributed by atoms with E-state index in [1.165, 1.54) is 18.2 Å². The zero-order valence-electron chi connectivity index (χ0n) is 9.85. The Hall–Kier alpha value is -1.00. The van der Waals surface area contributed by atoms with Gasteiger partial charge in [-0.05, 0) is 58.2 Å². The lowest BCUT2D eigenvalue weighted by Gasteiger charge is -2.14. The molecule has 5 heteroatoms. The fourth-order valence-electron chi connectivity index (χ4n) is 1.82. The van der Waals surface area contributed by atoms with E-state index in [4.69, 9.17) is 11.6 Å². The van der Waals surface area contributed by atoms with Gasteiger partial charge in [0.15, 0.2) is 0 Å². The number of rotatable bonds is 2. The van der Waals surface area contributed by atoms with Crippen molar-refractivity contribution in [3.8, 4) is 0 Å². The van der Waals surface area contributed by atoms with Gasteiger partial charge in [-0.15, -0.1) is 11.6 Å². The molecule has 2 aromatic rings. The standard InChI is InChI=1S/C14H9BrClF3/c1-7-4-8(17)2-3-9(7)14(16)10-5-13(19)11(15)6-12(10)18/h2-6,14H,1H3. The molecule has 0 N–H and O–H groups in total. The van der Waals surface area contributed by atoms with Crippen LogP contribution >= 0.6 is 27.5 Å². The van der Waals surface area contributed by atoms with Gasteiger partial charge in [-0.1, -0.05) is 6.07 Å². The third-order valence-electron chi connectivity index (χ3n) is 2.82. The maximum absolute atomic E-state index is 13.8. The number of alkyl halides is 1. The molecule has 0 fully saturated rings. The van der Waals surface area contributed by atoms with E-state index in [0.717, 1.165) is 12.1 Å². The number of aryl methyl sites for hydroxylation is 1.